The van der Waals surface area contributed by atoms with Crippen molar-refractivity contribution < 1.29 is 0 Å². The zero-order chi connectivity index (χ0) is 11.4. The van der Waals surface area contributed by atoms with Gasteiger partial charge in [-0.2, -0.15) is 5.26 Å². The molecule has 78 valence electrons. The Bertz CT molecular complexity index is 546. The summed E-state index contributed by atoms with van der Waals surface area (Å²) in [5, 5.41) is 8.94. The van der Waals surface area contributed by atoms with E-state index in [0.29, 0.717) is 11.3 Å². The highest BCUT2D eigenvalue weighted by Crippen LogP contribution is 2.30. The van der Waals surface area contributed by atoms with Crippen LogP contribution < -0.4 is 5.73 Å². The molecule has 2 rings (SSSR count). The molecule has 3 nitrogen and oxygen atoms in total. The maximum atomic E-state index is 8.94. The summed E-state index contributed by atoms with van der Waals surface area (Å²) in [7, 11) is 0. The summed E-state index contributed by atoms with van der Waals surface area (Å²) in [5.74, 6) is 0. The smallest absolute Gasteiger partial charge is 0.100 e. The zero-order valence-corrected chi connectivity index (χ0v) is 9.24. The highest BCUT2D eigenvalue weighted by atomic mass is 32.2. The topological polar surface area (TPSA) is 62.7 Å². The Balaban J connectivity index is 2.31. The fourth-order valence-corrected chi connectivity index (χ4v) is 2.19. The van der Waals surface area contributed by atoms with Gasteiger partial charge < -0.3 is 5.73 Å². The predicted octanol–water partition coefficient (Wildman–Crippen LogP) is 2.69. The van der Waals surface area contributed by atoms with Crippen LogP contribution in [0.4, 0.5) is 5.69 Å². The first-order valence-corrected chi connectivity index (χ1v) is 5.49. The summed E-state index contributed by atoms with van der Waals surface area (Å²) < 4.78 is 0. The first-order valence-electron chi connectivity index (χ1n) is 4.67. The molecule has 0 atom stereocenters. The molecule has 1 heterocycles. The molecule has 0 saturated heterocycles. The highest BCUT2D eigenvalue weighted by molar-refractivity contribution is 7.99. The van der Waals surface area contributed by atoms with E-state index in [0.717, 1.165) is 9.79 Å². The first-order chi connectivity index (χ1) is 7.79. The number of hydrogen-bond donors (Lipinski definition) is 1. The van der Waals surface area contributed by atoms with Gasteiger partial charge in [0.25, 0.3) is 0 Å². The largest absolute Gasteiger partial charge is 0.399 e. The number of rotatable bonds is 2. The third kappa shape index (κ3) is 2.33. The third-order valence-corrected chi connectivity index (χ3v) is 3.03. The van der Waals surface area contributed by atoms with Crippen molar-refractivity contribution in [2.75, 3.05) is 5.73 Å². The lowest BCUT2D eigenvalue weighted by atomic mass is 10.3. The van der Waals surface area contributed by atoms with Gasteiger partial charge in [0.15, 0.2) is 0 Å². The van der Waals surface area contributed by atoms with E-state index in [9.17, 15) is 0 Å². The van der Waals surface area contributed by atoms with E-state index in [1.165, 1.54) is 11.8 Å². The molecule has 0 fully saturated rings. The minimum absolute atomic E-state index is 0.627. The zero-order valence-electron chi connectivity index (χ0n) is 8.42. The van der Waals surface area contributed by atoms with Crippen molar-refractivity contribution >= 4 is 17.4 Å². The molecule has 16 heavy (non-hydrogen) atoms. The lowest BCUT2D eigenvalue weighted by Crippen LogP contribution is -1.85. The number of nitrogens with two attached hydrogens (primary N) is 1. The molecule has 0 spiro atoms. The number of nitrogen functional groups attached to an aromatic ring is 1. The third-order valence-electron chi connectivity index (χ3n) is 1.99. The molecule has 0 bridgehead atoms. The van der Waals surface area contributed by atoms with E-state index in [1.807, 2.05) is 24.3 Å². The fraction of sp³-hybridized carbons (Fsp3) is 0. The summed E-state index contributed by atoms with van der Waals surface area (Å²) in [6.07, 6.45) is 3.30. The molecule has 0 saturated carbocycles. The van der Waals surface area contributed by atoms with Crippen LogP contribution in [0.15, 0.2) is 52.5 Å². The number of aromatic nitrogens is 1. The van der Waals surface area contributed by atoms with Crippen LogP contribution in [0.25, 0.3) is 0 Å². The molecule has 0 unspecified atom stereocenters. The highest BCUT2D eigenvalue weighted by Gasteiger charge is 2.03. The van der Waals surface area contributed by atoms with Crippen molar-refractivity contribution in [1.29, 1.82) is 5.26 Å². The van der Waals surface area contributed by atoms with Gasteiger partial charge in [-0.1, -0.05) is 17.8 Å². The molecular formula is C12H9N3S. The van der Waals surface area contributed by atoms with Crippen LogP contribution in [-0.2, 0) is 0 Å². The average molecular weight is 227 g/mol. The predicted molar refractivity (Wildman–Crippen MR) is 63.9 cm³/mol. The Morgan fingerprint density at radius 2 is 2.19 bits per heavy atom. The van der Waals surface area contributed by atoms with Crippen molar-refractivity contribution in [2.24, 2.45) is 0 Å². The van der Waals surface area contributed by atoms with Gasteiger partial charge in [-0.3, -0.25) is 4.98 Å². The Morgan fingerprint density at radius 1 is 1.31 bits per heavy atom. The molecule has 2 N–H and O–H groups in total. The SMILES string of the molecule is N#Cc1ccncc1Sc1cccc(N)c1. The fourth-order valence-electron chi connectivity index (χ4n) is 1.26. The van der Waals surface area contributed by atoms with Gasteiger partial charge in [-0.15, -0.1) is 0 Å². The van der Waals surface area contributed by atoms with E-state index in [2.05, 4.69) is 11.1 Å². The number of anilines is 1. The Labute approximate surface area is 97.9 Å². The van der Waals surface area contributed by atoms with E-state index in [1.54, 1.807) is 18.5 Å². The van der Waals surface area contributed by atoms with E-state index < -0.39 is 0 Å². The maximum Gasteiger partial charge on any atom is 0.100 e. The summed E-state index contributed by atoms with van der Waals surface area (Å²) in [4.78, 5) is 5.86. The van der Waals surface area contributed by atoms with Gasteiger partial charge >= 0.3 is 0 Å². The second-order valence-corrected chi connectivity index (χ2v) is 4.27. The van der Waals surface area contributed by atoms with Gasteiger partial charge in [0.1, 0.15) is 6.07 Å². The lowest BCUT2D eigenvalue weighted by molar-refractivity contribution is 1.21. The van der Waals surface area contributed by atoms with Gasteiger partial charge in [0.05, 0.1) is 5.56 Å². The number of nitriles is 1. The van der Waals surface area contributed by atoms with Crippen LogP contribution >= 0.6 is 11.8 Å². The van der Waals surface area contributed by atoms with Crippen LogP contribution in [0.1, 0.15) is 5.56 Å². The van der Waals surface area contributed by atoms with Crippen molar-refractivity contribution in [2.45, 2.75) is 9.79 Å². The summed E-state index contributed by atoms with van der Waals surface area (Å²) in [6, 6.07) is 11.4. The molecule has 0 amide bonds. The Hall–Kier alpha value is -1.99. The van der Waals surface area contributed by atoms with Gasteiger partial charge in [-0.05, 0) is 24.3 Å². The van der Waals surface area contributed by atoms with Crippen LogP contribution in [0.2, 0.25) is 0 Å². The molecular weight excluding hydrogens is 218 g/mol. The maximum absolute atomic E-state index is 8.94. The molecule has 1 aromatic heterocycles. The van der Waals surface area contributed by atoms with E-state index in [4.69, 9.17) is 11.0 Å². The molecule has 1 aromatic carbocycles. The van der Waals surface area contributed by atoms with Crippen molar-refractivity contribution in [3.63, 3.8) is 0 Å². The summed E-state index contributed by atoms with van der Waals surface area (Å²) >= 11 is 1.49. The summed E-state index contributed by atoms with van der Waals surface area (Å²) in [6.45, 7) is 0. The van der Waals surface area contributed by atoms with Gasteiger partial charge in [0, 0.05) is 27.9 Å². The van der Waals surface area contributed by atoms with Gasteiger partial charge in [-0.25, -0.2) is 0 Å². The van der Waals surface area contributed by atoms with Crippen molar-refractivity contribution in [3.8, 4) is 6.07 Å². The van der Waals surface area contributed by atoms with Crippen LogP contribution in [0.5, 0.6) is 0 Å². The van der Waals surface area contributed by atoms with Crippen LogP contribution in [-0.4, -0.2) is 4.98 Å². The normalized spacial score (nSPS) is 9.69. The number of pyridine rings is 1. The van der Waals surface area contributed by atoms with Crippen molar-refractivity contribution in [1.82, 2.24) is 4.98 Å². The van der Waals surface area contributed by atoms with Gasteiger partial charge in [0.2, 0.25) is 0 Å². The minimum Gasteiger partial charge on any atom is -0.399 e. The second kappa shape index (κ2) is 4.69. The number of hydrogen-bond acceptors (Lipinski definition) is 4. The van der Waals surface area contributed by atoms with E-state index >= 15 is 0 Å². The molecule has 2 aromatic rings. The Kier molecular flexibility index (Phi) is 3.08. The molecule has 0 radical (unpaired) electrons. The first kappa shape index (κ1) is 10.5. The average Bonchev–Trinajstić information content (AvgIpc) is 2.30. The van der Waals surface area contributed by atoms with Crippen LogP contribution in [0, 0.1) is 11.3 Å². The summed E-state index contributed by atoms with van der Waals surface area (Å²) in [5.41, 5.74) is 7.03. The number of benzene rings is 1. The van der Waals surface area contributed by atoms with E-state index in [-0.39, 0.29) is 0 Å². The van der Waals surface area contributed by atoms with Crippen molar-refractivity contribution in [3.05, 3.63) is 48.3 Å². The minimum atomic E-state index is 0.627. The number of nitrogens with zero attached hydrogens (tertiary/aromatic N) is 2. The molecule has 0 aliphatic rings. The molecule has 4 heteroatoms. The molecule has 0 aliphatic carbocycles. The lowest BCUT2D eigenvalue weighted by Gasteiger charge is -2.03. The second-order valence-electron chi connectivity index (χ2n) is 3.16. The monoisotopic (exact) mass is 227 g/mol. The quantitative estimate of drug-likeness (QED) is 0.801. The standard InChI is InChI=1S/C12H9N3S/c13-7-9-4-5-15-8-12(9)16-11-3-1-2-10(14)6-11/h1-6,8H,14H2. The molecule has 0 aliphatic heterocycles. The van der Waals surface area contributed by atoms with Crippen LogP contribution in [0.3, 0.4) is 0 Å². The Morgan fingerprint density at radius 3 is 2.94 bits per heavy atom.